The van der Waals surface area contributed by atoms with Crippen molar-refractivity contribution in [1.29, 1.82) is 0 Å². The van der Waals surface area contributed by atoms with Crippen LogP contribution in [-0.4, -0.2) is 25.7 Å². The van der Waals surface area contributed by atoms with Crippen molar-refractivity contribution in [3.63, 3.8) is 0 Å². The maximum absolute atomic E-state index is 12.1. The number of nitrogens with one attached hydrogen (secondary N) is 2. The van der Waals surface area contributed by atoms with Crippen LogP contribution in [0, 0.1) is 0 Å². The second-order valence-electron chi connectivity index (χ2n) is 7.19. The molecule has 0 heterocycles. The van der Waals surface area contributed by atoms with E-state index in [9.17, 15) is 9.18 Å². The number of halogens is 1. The topological polar surface area (TPSA) is 41.1 Å². The smallest absolute Gasteiger partial charge is 0.251 e. The highest BCUT2D eigenvalue weighted by Gasteiger charge is 2.33. The van der Waals surface area contributed by atoms with Gasteiger partial charge in [0.2, 0.25) is 0 Å². The molecule has 0 radical (unpaired) electrons. The molecule has 1 aliphatic carbocycles. The summed E-state index contributed by atoms with van der Waals surface area (Å²) in [5, 5.41) is 6.36. The Kier molecular flexibility index (Phi) is 7.22. The second kappa shape index (κ2) is 9.16. The molecule has 134 valence electrons. The fourth-order valence-electron chi connectivity index (χ4n) is 3.61. The van der Waals surface area contributed by atoms with E-state index in [0.717, 1.165) is 25.8 Å². The van der Waals surface area contributed by atoms with Crippen LogP contribution < -0.4 is 10.6 Å². The molecular formula is C20H31FN2O. The van der Waals surface area contributed by atoms with E-state index >= 15 is 0 Å². The Balaban J connectivity index is 2.01. The molecule has 0 aliphatic heterocycles. The molecule has 0 bridgehead atoms. The van der Waals surface area contributed by atoms with E-state index in [-0.39, 0.29) is 5.54 Å². The van der Waals surface area contributed by atoms with Crippen LogP contribution in [0.2, 0.25) is 0 Å². The molecule has 1 aromatic carbocycles. The highest BCUT2D eigenvalue weighted by molar-refractivity contribution is 5.76. The zero-order chi connectivity index (χ0) is 17.4. The van der Waals surface area contributed by atoms with Gasteiger partial charge in [0.1, 0.15) is 0 Å². The Labute approximate surface area is 145 Å². The number of hydrogen-bond donors (Lipinski definition) is 2. The first-order chi connectivity index (χ1) is 11.6. The van der Waals surface area contributed by atoms with E-state index in [4.69, 9.17) is 0 Å². The Morgan fingerprint density at radius 3 is 2.62 bits per heavy atom. The Hall–Kier alpha value is -1.42. The number of amides is 1. The lowest BCUT2D eigenvalue weighted by atomic mass is 9.75. The fraction of sp³-hybridized carbons (Fsp3) is 0.650. The number of carbonyl (C=O) groups is 1. The van der Waals surface area contributed by atoms with Gasteiger partial charge in [-0.15, -0.1) is 0 Å². The van der Waals surface area contributed by atoms with E-state index in [1.54, 1.807) is 0 Å². The lowest BCUT2D eigenvalue weighted by Crippen LogP contribution is -2.45. The monoisotopic (exact) mass is 334 g/mol. The number of benzene rings is 1. The normalized spacial score (nSPS) is 17.0. The van der Waals surface area contributed by atoms with Crippen molar-refractivity contribution >= 4 is 5.91 Å². The number of rotatable bonds is 8. The van der Waals surface area contributed by atoms with Gasteiger partial charge in [-0.3, -0.25) is 4.79 Å². The molecule has 1 aromatic rings. The van der Waals surface area contributed by atoms with Gasteiger partial charge in [0.05, 0.1) is 0 Å². The summed E-state index contributed by atoms with van der Waals surface area (Å²) in [5.41, 5.74) is 2.82. The van der Waals surface area contributed by atoms with Crippen molar-refractivity contribution in [2.45, 2.75) is 63.8 Å². The summed E-state index contributed by atoms with van der Waals surface area (Å²) in [7, 11) is 0. The van der Waals surface area contributed by atoms with Gasteiger partial charge in [0, 0.05) is 12.1 Å². The summed E-state index contributed by atoms with van der Waals surface area (Å²) in [6.07, 6.45) is 6.93. The number of carbonyl (C=O) groups excluding carboxylic acids is 1. The largest absolute Gasteiger partial charge is 0.354 e. The van der Waals surface area contributed by atoms with E-state index in [0.29, 0.717) is 12.5 Å². The molecule has 0 spiro atoms. The van der Waals surface area contributed by atoms with Gasteiger partial charge in [-0.1, -0.05) is 57.4 Å². The molecule has 3 nitrogen and oxygen atoms in total. The van der Waals surface area contributed by atoms with Gasteiger partial charge < -0.3 is 10.6 Å². The summed E-state index contributed by atoms with van der Waals surface area (Å²) < 4.78 is 12.1. The lowest BCUT2D eigenvalue weighted by molar-refractivity contribution is -0.121. The van der Waals surface area contributed by atoms with Gasteiger partial charge in [0.25, 0.3) is 5.91 Å². The van der Waals surface area contributed by atoms with Crippen molar-refractivity contribution in [2.75, 3.05) is 19.8 Å². The molecule has 0 atom stereocenters. The first-order valence-electron chi connectivity index (χ1n) is 9.25. The van der Waals surface area contributed by atoms with Gasteiger partial charge in [-0.25, -0.2) is 4.39 Å². The summed E-state index contributed by atoms with van der Waals surface area (Å²) in [6.45, 7) is 4.89. The lowest BCUT2D eigenvalue weighted by Gasteiger charge is -2.39. The third-order valence-corrected chi connectivity index (χ3v) is 5.07. The average Bonchev–Trinajstić information content (AvgIpc) is 2.62. The zero-order valence-corrected chi connectivity index (χ0v) is 15.0. The second-order valence-corrected chi connectivity index (χ2v) is 7.19. The van der Waals surface area contributed by atoms with Crippen LogP contribution in [0.25, 0.3) is 0 Å². The molecule has 2 rings (SSSR count). The predicted octanol–water partition coefficient (Wildman–Crippen LogP) is 4.03. The molecule has 4 heteroatoms. The summed E-state index contributed by atoms with van der Waals surface area (Å²) in [4.78, 5) is 11.0. The van der Waals surface area contributed by atoms with Crippen molar-refractivity contribution in [2.24, 2.45) is 0 Å². The van der Waals surface area contributed by atoms with Crippen LogP contribution in [-0.2, 0) is 10.3 Å². The Morgan fingerprint density at radius 1 is 1.21 bits per heavy atom. The molecule has 1 saturated carbocycles. The van der Waals surface area contributed by atoms with Crippen LogP contribution in [0.1, 0.15) is 69.4 Å². The Morgan fingerprint density at radius 2 is 1.96 bits per heavy atom. The van der Waals surface area contributed by atoms with Gasteiger partial charge in [0.15, 0.2) is 6.67 Å². The van der Waals surface area contributed by atoms with Gasteiger partial charge in [-0.2, -0.15) is 0 Å². The third-order valence-electron chi connectivity index (χ3n) is 5.07. The molecule has 1 amide bonds. The van der Waals surface area contributed by atoms with Crippen molar-refractivity contribution in [1.82, 2.24) is 10.6 Å². The molecule has 2 N–H and O–H groups in total. The fourth-order valence-corrected chi connectivity index (χ4v) is 3.61. The van der Waals surface area contributed by atoms with E-state index < -0.39 is 12.6 Å². The van der Waals surface area contributed by atoms with E-state index in [1.165, 1.54) is 30.4 Å². The van der Waals surface area contributed by atoms with Gasteiger partial charge >= 0.3 is 0 Å². The van der Waals surface area contributed by atoms with E-state index in [1.807, 2.05) is 0 Å². The maximum atomic E-state index is 12.1. The van der Waals surface area contributed by atoms with Crippen molar-refractivity contribution in [3.05, 3.63) is 35.4 Å². The summed E-state index contributed by atoms with van der Waals surface area (Å²) in [6, 6.07) is 8.98. The molecule has 1 fully saturated rings. The molecule has 24 heavy (non-hydrogen) atoms. The van der Waals surface area contributed by atoms with Crippen LogP contribution in [0.3, 0.4) is 0 Å². The molecule has 0 aromatic heterocycles. The molecular weight excluding hydrogens is 303 g/mol. The minimum Gasteiger partial charge on any atom is -0.354 e. The molecule has 0 saturated heterocycles. The summed E-state index contributed by atoms with van der Waals surface area (Å²) >= 11 is 0. The van der Waals surface area contributed by atoms with Crippen LogP contribution in [0.15, 0.2) is 24.3 Å². The minimum absolute atomic E-state index is 0.0489. The van der Waals surface area contributed by atoms with Crippen LogP contribution in [0.5, 0.6) is 0 Å². The SMILES string of the molecule is CC(C)c1cccc(C2(NCCCNC(=O)CF)CCCCC2)c1. The number of alkyl halides is 1. The summed E-state index contributed by atoms with van der Waals surface area (Å²) in [5.74, 6) is 0.00789. The molecule has 1 aliphatic rings. The standard InChI is InChI=1S/C20H31FN2O/c1-16(2)17-8-6-9-18(14-17)20(10-4-3-5-11-20)23-13-7-12-22-19(24)15-21/h6,8-9,14,16,23H,3-5,7,10-13,15H2,1-2H3,(H,22,24). The quantitative estimate of drug-likeness (QED) is 0.705. The number of hydrogen-bond acceptors (Lipinski definition) is 2. The first kappa shape index (κ1) is 18.9. The highest BCUT2D eigenvalue weighted by atomic mass is 19.1. The van der Waals surface area contributed by atoms with Crippen LogP contribution >= 0.6 is 0 Å². The Bertz CT molecular complexity index is 524. The van der Waals surface area contributed by atoms with E-state index in [2.05, 4.69) is 48.7 Å². The predicted molar refractivity (Wildman–Crippen MR) is 96.9 cm³/mol. The van der Waals surface area contributed by atoms with Crippen LogP contribution in [0.4, 0.5) is 4.39 Å². The molecule has 0 unspecified atom stereocenters. The van der Waals surface area contributed by atoms with Crippen molar-refractivity contribution in [3.8, 4) is 0 Å². The van der Waals surface area contributed by atoms with Gasteiger partial charge in [-0.05, 0) is 42.9 Å². The highest BCUT2D eigenvalue weighted by Crippen LogP contribution is 2.38. The minimum atomic E-state index is -0.931. The third kappa shape index (κ3) is 5.04. The van der Waals surface area contributed by atoms with Crippen molar-refractivity contribution < 1.29 is 9.18 Å². The average molecular weight is 334 g/mol. The first-order valence-corrected chi connectivity index (χ1v) is 9.25. The maximum Gasteiger partial charge on any atom is 0.251 e. The zero-order valence-electron chi connectivity index (χ0n) is 15.0.